The molecule has 0 heterocycles. The molecule has 0 aliphatic heterocycles. The summed E-state index contributed by atoms with van der Waals surface area (Å²) in [5.41, 5.74) is 1.57. The minimum absolute atomic E-state index is 0.276. The molecule has 0 N–H and O–H groups in total. The van der Waals surface area contributed by atoms with Gasteiger partial charge in [-0.15, -0.1) is 0 Å². The van der Waals surface area contributed by atoms with E-state index in [4.69, 9.17) is 4.74 Å². The summed E-state index contributed by atoms with van der Waals surface area (Å²) in [5, 5.41) is 2.33. The van der Waals surface area contributed by atoms with E-state index in [1.165, 1.54) is 5.39 Å². The Balaban J connectivity index is 1.80. The summed E-state index contributed by atoms with van der Waals surface area (Å²) >= 11 is 0. The Morgan fingerprint density at radius 2 is 1.52 bits per heavy atom. The number of ether oxygens (including phenoxy) is 1. The van der Waals surface area contributed by atoms with Crippen LogP contribution in [0.5, 0.6) is 0 Å². The van der Waals surface area contributed by atoms with Gasteiger partial charge in [-0.05, 0) is 41.5 Å². The van der Waals surface area contributed by atoms with Crippen molar-refractivity contribution >= 4 is 16.7 Å². The van der Waals surface area contributed by atoms with Crippen molar-refractivity contribution in [1.82, 2.24) is 0 Å². The third-order valence-electron chi connectivity index (χ3n) is 3.54. The summed E-state index contributed by atoms with van der Waals surface area (Å²) in [6, 6.07) is 23.3. The zero-order valence-electron chi connectivity index (χ0n) is 11.8. The van der Waals surface area contributed by atoms with Crippen molar-refractivity contribution in [2.24, 2.45) is 0 Å². The number of esters is 1. The molecule has 0 fully saturated rings. The fourth-order valence-electron chi connectivity index (χ4n) is 2.33. The number of benzene rings is 3. The lowest BCUT2D eigenvalue weighted by Gasteiger charge is -2.14. The van der Waals surface area contributed by atoms with Crippen LogP contribution in [0, 0.1) is 0 Å². The molecule has 1 atom stereocenters. The molecule has 3 aromatic carbocycles. The molecule has 3 rings (SSSR count). The van der Waals surface area contributed by atoms with Gasteiger partial charge in [-0.25, -0.2) is 4.79 Å². The van der Waals surface area contributed by atoms with Crippen LogP contribution in [0.15, 0.2) is 72.8 Å². The number of hydrogen-bond donors (Lipinski definition) is 0. The quantitative estimate of drug-likeness (QED) is 0.645. The largest absolute Gasteiger partial charge is 0.454 e. The van der Waals surface area contributed by atoms with Gasteiger partial charge < -0.3 is 4.74 Å². The molecule has 21 heavy (non-hydrogen) atoms. The fraction of sp³-hybridized carbons (Fsp3) is 0.105. The van der Waals surface area contributed by atoms with E-state index in [1.54, 1.807) is 12.1 Å². The fourth-order valence-corrected chi connectivity index (χ4v) is 2.33. The maximum Gasteiger partial charge on any atom is 0.338 e. The van der Waals surface area contributed by atoms with E-state index >= 15 is 0 Å². The average molecular weight is 276 g/mol. The Morgan fingerprint density at radius 3 is 2.29 bits per heavy atom. The minimum atomic E-state index is -0.295. The van der Waals surface area contributed by atoms with Crippen LogP contribution in [-0.2, 0) is 4.74 Å². The first-order valence-electron chi connectivity index (χ1n) is 6.99. The average Bonchev–Trinajstić information content (AvgIpc) is 2.55. The molecule has 0 aromatic heterocycles. The lowest BCUT2D eigenvalue weighted by atomic mass is 10.0. The topological polar surface area (TPSA) is 26.3 Å². The van der Waals surface area contributed by atoms with Gasteiger partial charge in [-0.3, -0.25) is 0 Å². The number of fused-ring (bicyclic) bond motifs is 1. The van der Waals surface area contributed by atoms with Gasteiger partial charge in [0, 0.05) is 0 Å². The summed E-state index contributed by atoms with van der Waals surface area (Å²) in [7, 11) is 0. The van der Waals surface area contributed by atoms with Crippen molar-refractivity contribution in [3.8, 4) is 0 Å². The molecule has 0 amide bonds. The van der Waals surface area contributed by atoms with Crippen molar-refractivity contribution in [1.29, 1.82) is 0 Å². The van der Waals surface area contributed by atoms with Crippen molar-refractivity contribution in [2.45, 2.75) is 13.0 Å². The molecule has 0 unspecified atom stereocenters. The van der Waals surface area contributed by atoms with E-state index < -0.39 is 0 Å². The SMILES string of the molecule is C[C@H](OC(=O)c1ccccc1)c1ccc2ccccc2c1. The Bertz CT molecular complexity index is 763. The van der Waals surface area contributed by atoms with Gasteiger partial charge in [-0.1, -0.05) is 54.6 Å². The van der Waals surface area contributed by atoms with Gasteiger partial charge in [0.15, 0.2) is 0 Å². The first-order chi connectivity index (χ1) is 10.2. The minimum Gasteiger partial charge on any atom is -0.454 e. The second kappa shape index (κ2) is 5.80. The summed E-state index contributed by atoms with van der Waals surface area (Å²) in [6.07, 6.45) is -0.276. The van der Waals surface area contributed by atoms with Gasteiger partial charge in [0.25, 0.3) is 0 Å². The van der Waals surface area contributed by atoms with Crippen LogP contribution in [0.1, 0.15) is 28.9 Å². The second-order valence-corrected chi connectivity index (χ2v) is 5.02. The Labute approximate surface area is 124 Å². The highest BCUT2D eigenvalue weighted by Crippen LogP contribution is 2.23. The van der Waals surface area contributed by atoms with E-state index in [0.717, 1.165) is 10.9 Å². The van der Waals surface area contributed by atoms with Crippen LogP contribution in [0.4, 0.5) is 0 Å². The van der Waals surface area contributed by atoms with Gasteiger partial charge in [-0.2, -0.15) is 0 Å². The number of carbonyl (C=O) groups excluding carboxylic acids is 1. The monoisotopic (exact) mass is 276 g/mol. The third kappa shape index (κ3) is 2.95. The lowest BCUT2D eigenvalue weighted by molar-refractivity contribution is 0.0338. The van der Waals surface area contributed by atoms with Crippen LogP contribution < -0.4 is 0 Å². The summed E-state index contributed by atoms with van der Waals surface area (Å²) < 4.78 is 5.53. The third-order valence-corrected chi connectivity index (χ3v) is 3.54. The molecule has 2 heteroatoms. The van der Waals surface area contributed by atoms with Crippen molar-refractivity contribution < 1.29 is 9.53 Å². The summed E-state index contributed by atoms with van der Waals surface area (Å²) in [5.74, 6) is -0.295. The molecule has 104 valence electrons. The molecule has 0 spiro atoms. The maximum atomic E-state index is 12.1. The van der Waals surface area contributed by atoms with E-state index in [2.05, 4.69) is 24.3 Å². The highest BCUT2D eigenvalue weighted by Gasteiger charge is 2.13. The Morgan fingerprint density at radius 1 is 0.857 bits per heavy atom. The van der Waals surface area contributed by atoms with Gasteiger partial charge in [0.1, 0.15) is 6.10 Å². The van der Waals surface area contributed by atoms with E-state index in [0.29, 0.717) is 5.56 Å². The van der Waals surface area contributed by atoms with Crippen molar-refractivity contribution in [2.75, 3.05) is 0 Å². The predicted octanol–water partition coefficient (Wildman–Crippen LogP) is 4.76. The predicted molar refractivity (Wildman–Crippen MR) is 84.2 cm³/mol. The van der Waals surface area contributed by atoms with Gasteiger partial charge in [0.05, 0.1) is 5.56 Å². The molecule has 0 aliphatic carbocycles. The van der Waals surface area contributed by atoms with E-state index in [-0.39, 0.29) is 12.1 Å². The molecule has 0 aliphatic rings. The first-order valence-corrected chi connectivity index (χ1v) is 6.99. The highest BCUT2D eigenvalue weighted by atomic mass is 16.5. The summed E-state index contributed by atoms with van der Waals surface area (Å²) in [6.45, 7) is 1.89. The van der Waals surface area contributed by atoms with Gasteiger partial charge >= 0.3 is 5.97 Å². The normalized spacial score (nSPS) is 12.0. The molecular formula is C19H16O2. The van der Waals surface area contributed by atoms with Crippen LogP contribution in [-0.4, -0.2) is 5.97 Å². The van der Waals surface area contributed by atoms with Crippen LogP contribution in [0.25, 0.3) is 10.8 Å². The van der Waals surface area contributed by atoms with Crippen molar-refractivity contribution in [3.05, 3.63) is 83.9 Å². The second-order valence-electron chi connectivity index (χ2n) is 5.02. The smallest absolute Gasteiger partial charge is 0.338 e. The Hall–Kier alpha value is -2.61. The van der Waals surface area contributed by atoms with E-state index in [9.17, 15) is 4.79 Å². The molecule has 3 aromatic rings. The van der Waals surface area contributed by atoms with Crippen LogP contribution in [0.2, 0.25) is 0 Å². The van der Waals surface area contributed by atoms with Gasteiger partial charge in [0.2, 0.25) is 0 Å². The number of hydrogen-bond acceptors (Lipinski definition) is 2. The van der Waals surface area contributed by atoms with Crippen LogP contribution >= 0.6 is 0 Å². The molecule has 2 nitrogen and oxygen atoms in total. The van der Waals surface area contributed by atoms with Crippen molar-refractivity contribution in [3.63, 3.8) is 0 Å². The number of rotatable bonds is 3. The van der Waals surface area contributed by atoms with Crippen LogP contribution in [0.3, 0.4) is 0 Å². The first kappa shape index (κ1) is 13.4. The zero-order valence-corrected chi connectivity index (χ0v) is 11.8. The number of carbonyl (C=O) groups is 1. The Kier molecular flexibility index (Phi) is 3.69. The highest BCUT2D eigenvalue weighted by molar-refractivity contribution is 5.89. The molecular weight excluding hydrogens is 260 g/mol. The standard InChI is InChI=1S/C19H16O2/c1-14(21-19(20)16-8-3-2-4-9-16)17-12-11-15-7-5-6-10-18(15)13-17/h2-14H,1H3/t14-/m0/s1. The molecule has 0 saturated heterocycles. The maximum absolute atomic E-state index is 12.1. The lowest BCUT2D eigenvalue weighted by Crippen LogP contribution is -2.09. The van der Waals surface area contributed by atoms with E-state index in [1.807, 2.05) is 43.3 Å². The molecule has 0 saturated carbocycles. The zero-order chi connectivity index (χ0) is 14.7. The molecule has 0 bridgehead atoms. The molecule has 0 radical (unpaired) electrons. The summed E-state index contributed by atoms with van der Waals surface area (Å²) in [4.78, 5) is 12.1.